The first kappa shape index (κ1) is 13.6. The topological polar surface area (TPSA) is 114 Å². The highest BCUT2D eigenvalue weighted by atomic mass is 32.2. The van der Waals surface area contributed by atoms with Gasteiger partial charge in [0.25, 0.3) is 5.91 Å². The zero-order chi connectivity index (χ0) is 14.2. The lowest BCUT2D eigenvalue weighted by molar-refractivity contribution is -0.139. The minimum absolute atomic E-state index is 0.0641. The molecule has 19 heavy (non-hydrogen) atoms. The molecule has 1 unspecified atom stereocenters. The van der Waals surface area contributed by atoms with Crippen LogP contribution in [0.5, 0.6) is 0 Å². The molecular weight excluding hydrogens is 274 g/mol. The second-order valence-electron chi connectivity index (χ2n) is 4.52. The summed E-state index contributed by atoms with van der Waals surface area (Å²) in [7, 11) is -3.53. The molecule has 1 heterocycles. The van der Waals surface area contributed by atoms with Crippen LogP contribution in [0, 0.1) is 5.92 Å². The fraction of sp³-hybridized carbons (Fsp3) is 0.455. The van der Waals surface area contributed by atoms with E-state index in [4.69, 9.17) is 9.52 Å². The maximum atomic E-state index is 11.8. The minimum atomic E-state index is -3.53. The van der Waals surface area contributed by atoms with E-state index in [1.807, 2.05) is 0 Å². The van der Waals surface area contributed by atoms with Gasteiger partial charge in [-0.3, -0.25) is 4.79 Å². The molecule has 104 valence electrons. The molecule has 1 fully saturated rings. The Bertz CT molecular complexity index is 613. The van der Waals surface area contributed by atoms with Gasteiger partial charge in [0.15, 0.2) is 5.76 Å². The van der Waals surface area contributed by atoms with Crippen molar-refractivity contribution in [1.82, 2.24) is 5.32 Å². The van der Waals surface area contributed by atoms with Crippen LogP contribution in [0.25, 0.3) is 0 Å². The third-order valence-electron chi connectivity index (χ3n) is 2.82. The number of sulfone groups is 1. The third-order valence-corrected chi connectivity index (χ3v) is 3.77. The monoisotopic (exact) mass is 287 g/mol. The highest BCUT2D eigenvalue weighted by Gasteiger charge is 2.37. The van der Waals surface area contributed by atoms with Gasteiger partial charge in [0.05, 0.1) is 0 Å². The van der Waals surface area contributed by atoms with Gasteiger partial charge >= 0.3 is 5.97 Å². The number of carbonyl (C=O) groups is 2. The van der Waals surface area contributed by atoms with Crippen molar-refractivity contribution < 1.29 is 27.5 Å². The lowest BCUT2D eigenvalue weighted by atomic mass is 10.2. The fourth-order valence-electron chi connectivity index (χ4n) is 1.66. The second kappa shape index (κ2) is 4.69. The standard InChI is InChI=1S/C11H13NO6S/c1-19(16,17)8-5-4-7(18-8)10(13)12-9(11(14)15)6-2-3-6/h4-6,9H,2-3H2,1H3,(H,12,13)(H,14,15). The number of hydrogen-bond donors (Lipinski definition) is 2. The Hall–Kier alpha value is -1.83. The van der Waals surface area contributed by atoms with Crippen LogP contribution in [0.15, 0.2) is 21.6 Å². The van der Waals surface area contributed by atoms with Crippen LogP contribution in [0.3, 0.4) is 0 Å². The van der Waals surface area contributed by atoms with Crippen molar-refractivity contribution in [3.63, 3.8) is 0 Å². The Balaban J connectivity index is 2.11. The molecular formula is C11H13NO6S. The number of carboxylic acids is 1. The van der Waals surface area contributed by atoms with Gasteiger partial charge in [-0.2, -0.15) is 0 Å². The molecule has 7 nitrogen and oxygen atoms in total. The fourth-order valence-corrected chi connectivity index (χ4v) is 2.22. The first-order chi connectivity index (χ1) is 8.79. The van der Waals surface area contributed by atoms with Gasteiger partial charge in [-0.25, -0.2) is 13.2 Å². The minimum Gasteiger partial charge on any atom is -0.480 e. The second-order valence-corrected chi connectivity index (χ2v) is 6.46. The van der Waals surface area contributed by atoms with E-state index in [1.54, 1.807) is 0 Å². The molecule has 0 bridgehead atoms. The molecule has 1 aliphatic rings. The van der Waals surface area contributed by atoms with Crippen molar-refractivity contribution >= 4 is 21.7 Å². The van der Waals surface area contributed by atoms with E-state index in [2.05, 4.69) is 5.32 Å². The summed E-state index contributed by atoms with van der Waals surface area (Å²) < 4.78 is 27.3. The number of nitrogens with one attached hydrogen (secondary N) is 1. The molecule has 1 atom stereocenters. The zero-order valence-corrected chi connectivity index (χ0v) is 10.9. The van der Waals surface area contributed by atoms with Crippen molar-refractivity contribution in [2.45, 2.75) is 24.0 Å². The lowest BCUT2D eigenvalue weighted by Gasteiger charge is -2.11. The Morgan fingerprint density at radius 1 is 1.42 bits per heavy atom. The molecule has 1 saturated carbocycles. The lowest BCUT2D eigenvalue weighted by Crippen LogP contribution is -2.42. The van der Waals surface area contributed by atoms with E-state index in [0.29, 0.717) is 0 Å². The Kier molecular flexibility index (Phi) is 3.36. The molecule has 0 saturated heterocycles. The van der Waals surface area contributed by atoms with Crippen LogP contribution >= 0.6 is 0 Å². The van der Waals surface area contributed by atoms with Crippen molar-refractivity contribution in [2.24, 2.45) is 5.92 Å². The van der Waals surface area contributed by atoms with Crippen molar-refractivity contribution in [2.75, 3.05) is 6.26 Å². The molecule has 0 aromatic carbocycles. The van der Waals surface area contributed by atoms with Crippen LogP contribution in [-0.4, -0.2) is 37.7 Å². The highest BCUT2D eigenvalue weighted by molar-refractivity contribution is 7.90. The molecule has 2 rings (SSSR count). The van der Waals surface area contributed by atoms with Gasteiger partial charge in [0.2, 0.25) is 14.9 Å². The summed E-state index contributed by atoms with van der Waals surface area (Å²) in [5.41, 5.74) is 0. The summed E-state index contributed by atoms with van der Waals surface area (Å²) in [5.74, 6) is -2.11. The quantitative estimate of drug-likeness (QED) is 0.803. The Morgan fingerprint density at radius 3 is 2.47 bits per heavy atom. The molecule has 2 N–H and O–H groups in total. The number of hydrogen-bond acceptors (Lipinski definition) is 5. The van der Waals surface area contributed by atoms with Crippen LogP contribution in [0.4, 0.5) is 0 Å². The van der Waals surface area contributed by atoms with Gasteiger partial charge < -0.3 is 14.8 Å². The predicted molar refractivity (Wildman–Crippen MR) is 63.4 cm³/mol. The first-order valence-electron chi connectivity index (χ1n) is 5.62. The van der Waals surface area contributed by atoms with E-state index < -0.39 is 27.8 Å². The van der Waals surface area contributed by atoms with Gasteiger partial charge in [-0.15, -0.1) is 0 Å². The Morgan fingerprint density at radius 2 is 2.05 bits per heavy atom. The van der Waals surface area contributed by atoms with Crippen LogP contribution < -0.4 is 5.32 Å². The first-order valence-corrected chi connectivity index (χ1v) is 7.52. The SMILES string of the molecule is CS(=O)(=O)c1ccc(C(=O)NC(C(=O)O)C2CC2)o1. The number of furan rings is 1. The number of amides is 1. The molecule has 0 radical (unpaired) electrons. The van der Waals surface area contributed by atoms with Gasteiger partial charge in [-0.1, -0.05) is 0 Å². The highest BCUT2D eigenvalue weighted by Crippen LogP contribution is 2.32. The van der Waals surface area contributed by atoms with E-state index in [-0.39, 0.29) is 16.8 Å². The average Bonchev–Trinajstić information content (AvgIpc) is 2.98. The number of rotatable bonds is 5. The maximum Gasteiger partial charge on any atom is 0.326 e. The largest absolute Gasteiger partial charge is 0.480 e. The van der Waals surface area contributed by atoms with Crippen LogP contribution in [0.1, 0.15) is 23.4 Å². The molecule has 1 aromatic rings. The molecule has 0 aliphatic heterocycles. The van der Waals surface area contributed by atoms with Crippen LogP contribution in [-0.2, 0) is 14.6 Å². The molecule has 0 spiro atoms. The van der Waals surface area contributed by atoms with Gasteiger partial charge in [-0.05, 0) is 30.9 Å². The molecule has 8 heteroatoms. The summed E-state index contributed by atoms with van der Waals surface area (Å²) in [4.78, 5) is 22.7. The third kappa shape index (κ3) is 3.14. The Labute approximate surface area is 109 Å². The summed E-state index contributed by atoms with van der Waals surface area (Å²) in [6.07, 6.45) is 2.46. The summed E-state index contributed by atoms with van der Waals surface area (Å²) in [6, 6.07) is 1.41. The molecule has 1 aliphatic carbocycles. The van der Waals surface area contributed by atoms with E-state index >= 15 is 0 Å². The van der Waals surface area contributed by atoms with E-state index in [1.165, 1.54) is 6.07 Å². The van der Waals surface area contributed by atoms with Crippen molar-refractivity contribution in [3.8, 4) is 0 Å². The van der Waals surface area contributed by atoms with Crippen molar-refractivity contribution in [1.29, 1.82) is 0 Å². The zero-order valence-electron chi connectivity index (χ0n) is 10.1. The number of carboxylic acid groups (broad SMARTS) is 1. The van der Waals surface area contributed by atoms with Crippen molar-refractivity contribution in [3.05, 3.63) is 17.9 Å². The molecule has 1 amide bonds. The van der Waals surface area contributed by atoms with Crippen LogP contribution in [0.2, 0.25) is 0 Å². The number of carbonyl (C=O) groups excluding carboxylic acids is 1. The van der Waals surface area contributed by atoms with Gasteiger partial charge in [0, 0.05) is 6.26 Å². The average molecular weight is 287 g/mol. The van der Waals surface area contributed by atoms with Gasteiger partial charge in [0.1, 0.15) is 6.04 Å². The summed E-state index contributed by atoms with van der Waals surface area (Å²) in [5, 5.41) is 11.0. The predicted octanol–water partition coefficient (Wildman–Crippen LogP) is 0.276. The maximum absolute atomic E-state index is 11.8. The summed E-state index contributed by atoms with van der Waals surface area (Å²) in [6.45, 7) is 0. The molecule has 1 aromatic heterocycles. The summed E-state index contributed by atoms with van der Waals surface area (Å²) >= 11 is 0. The number of aliphatic carboxylic acids is 1. The van der Waals surface area contributed by atoms with E-state index in [9.17, 15) is 18.0 Å². The smallest absolute Gasteiger partial charge is 0.326 e. The van der Waals surface area contributed by atoms with E-state index in [0.717, 1.165) is 25.2 Å². The normalized spacial score (nSPS) is 16.9.